The van der Waals surface area contributed by atoms with Crippen molar-refractivity contribution in [3.05, 3.63) is 29.8 Å². The highest BCUT2D eigenvalue weighted by Crippen LogP contribution is 2.54. The zero-order chi connectivity index (χ0) is 16.1. The van der Waals surface area contributed by atoms with E-state index in [2.05, 4.69) is 11.4 Å². The first kappa shape index (κ1) is 14.9. The number of carbonyl (C=O) groups excluding carboxylic acids is 2. The second kappa shape index (κ2) is 5.00. The van der Waals surface area contributed by atoms with Gasteiger partial charge in [-0.25, -0.2) is 4.79 Å². The molecule has 3 rings (SSSR count). The molecule has 1 aliphatic heterocycles. The van der Waals surface area contributed by atoms with E-state index < -0.39 is 17.7 Å². The minimum atomic E-state index is -0.574. The molecule has 1 fully saturated rings. The Bertz CT molecular complexity index is 621. The number of ether oxygens (including phenoxy) is 1. The highest BCUT2D eigenvalue weighted by molar-refractivity contribution is 6.00. The Morgan fingerprint density at radius 3 is 2.68 bits per heavy atom. The number of carbonyl (C=O) groups is 2. The maximum atomic E-state index is 12.7. The van der Waals surface area contributed by atoms with Gasteiger partial charge in [-0.05, 0) is 50.7 Å². The number of amides is 2. The number of hydrogen-bond donors (Lipinski definition) is 1. The Morgan fingerprint density at radius 2 is 2.00 bits per heavy atom. The van der Waals surface area contributed by atoms with Crippen LogP contribution < -0.4 is 10.2 Å². The van der Waals surface area contributed by atoms with E-state index in [4.69, 9.17) is 4.74 Å². The summed E-state index contributed by atoms with van der Waals surface area (Å²) in [5.74, 6) is 0.416. The SMILES string of the molecule is CN1C(=O)C(NC(=O)OC(C)(C)C)C2C[C@H]2c2ccccc21. The molecule has 0 radical (unpaired) electrons. The fourth-order valence-electron chi connectivity index (χ4n) is 3.16. The molecule has 0 saturated heterocycles. The summed E-state index contributed by atoms with van der Waals surface area (Å²) in [5.41, 5.74) is 1.56. The van der Waals surface area contributed by atoms with Gasteiger partial charge >= 0.3 is 6.09 Å². The Balaban J connectivity index is 1.81. The maximum absolute atomic E-state index is 12.7. The van der Waals surface area contributed by atoms with Crippen molar-refractivity contribution in [1.29, 1.82) is 0 Å². The van der Waals surface area contributed by atoms with E-state index in [0.717, 1.165) is 12.1 Å². The Kier molecular flexibility index (Phi) is 3.38. The van der Waals surface area contributed by atoms with Gasteiger partial charge in [0.1, 0.15) is 11.6 Å². The third kappa shape index (κ3) is 2.67. The Hall–Kier alpha value is -2.04. The summed E-state index contributed by atoms with van der Waals surface area (Å²) in [4.78, 5) is 26.4. The average molecular weight is 302 g/mol. The van der Waals surface area contributed by atoms with Crippen LogP contribution in [0.5, 0.6) is 0 Å². The van der Waals surface area contributed by atoms with Crippen LogP contribution in [-0.4, -0.2) is 30.7 Å². The van der Waals surface area contributed by atoms with Gasteiger partial charge in [-0.3, -0.25) is 4.79 Å². The van der Waals surface area contributed by atoms with E-state index in [1.54, 1.807) is 11.9 Å². The maximum Gasteiger partial charge on any atom is 0.408 e. The van der Waals surface area contributed by atoms with Crippen LogP contribution in [0.4, 0.5) is 10.5 Å². The number of rotatable bonds is 1. The Labute approximate surface area is 130 Å². The van der Waals surface area contributed by atoms with E-state index in [1.165, 1.54) is 5.56 Å². The lowest BCUT2D eigenvalue weighted by Gasteiger charge is -2.25. The van der Waals surface area contributed by atoms with Crippen LogP contribution >= 0.6 is 0 Å². The molecule has 1 heterocycles. The van der Waals surface area contributed by atoms with Crippen molar-refractivity contribution in [2.24, 2.45) is 5.92 Å². The van der Waals surface area contributed by atoms with Crippen molar-refractivity contribution in [2.75, 3.05) is 11.9 Å². The van der Waals surface area contributed by atoms with Gasteiger partial charge in [-0.1, -0.05) is 18.2 Å². The number of hydrogen-bond acceptors (Lipinski definition) is 3. The molecule has 118 valence electrons. The molecule has 5 heteroatoms. The largest absolute Gasteiger partial charge is 0.444 e. The van der Waals surface area contributed by atoms with Gasteiger partial charge in [0, 0.05) is 12.7 Å². The normalized spacial score (nSPS) is 26.6. The highest BCUT2D eigenvalue weighted by atomic mass is 16.6. The summed E-state index contributed by atoms with van der Waals surface area (Å²) in [5, 5.41) is 2.77. The quantitative estimate of drug-likeness (QED) is 0.867. The van der Waals surface area contributed by atoms with Crippen LogP contribution in [0.25, 0.3) is 0 Å². The minimum absolute atomic E-state index is 0.0803. The van der Waals surface area contributed by atoms with Gasteiger partial charge in [0.25, 0.3) is 0 Å². The first-order chi connectivity index (χ1) is 10.3. The number of para-hydroxylation sites is 1. The molecule has 0 spiro atoms. The summed E-state index contributed by atoms with van der Waals surface area (Å²) in [6.45, 7) is 5.43. The van der Waals surface area contributed by atoms with Crippen LogP contribution in [0.1, 0.15) is 38.7 Å². The third-order valence-electron chi connectivity index (χ3n) is 4.23. The zero-order valence-corrected chi connectivity index (χ0v) is 13.4. The smallest absolute Gasteiger partial charge is 0.408 e. The van der Waals surface area contributed by atoms with Crippen molar-refractivity contribution in [3.63, 3.8) is 0 Å². The molecule has 2 aliphatic rings. The minimum Gasteiger partial charge on any atom is -0.444 e. The lowest BCUT2D eigenvalue weighted by molar-refractivity contribution is -0.120. The van der Waals surface area contributed by atoms with Crippen LogP contribution in [-0.2, 0) is 9.53 Å². The second-order valence-corrected chi connectivity index (χ2v) is 7.09. The van der Waals surface area contributed by atoms with E-state index in [1.807, 2.05) is 39.0 Å². The van der Waals surface area contributed by atoms with E-state index >= 15 is 0 Å². The molecule has 1 aliphatic carbocycles. The van der Waals surface area contributed by atoms with E-state index in [0.29, 0.717) is 5.92 Å². The van der Waals surface area contributed by atoms with Gasteiger partial charge < -0.3 is 15.0 Å². The summed E-state index contributed by atoms with van der Waals surface area (Å²) in [7, 11) is 1.76. The van der Waals surface area contributed by atoms with Crippen molar-refractivity contribution in [1.82, 2.24) is 5.32 Å². The molecule has 0 aromatic heterocycles. The summed E-state index contributed by atoms with van der Waals surface area (Å²) in [6, 6.07) is 7.44. The molecule has 1 aromatic rings. The molecule has 22 heavy (non-hydrogen) atoms. The second-order valence-electron chi connectivity index (χ2n) is 7.09. The fourth-order valence-corrected chi connectivity index (χ4v) is 3.16. The zero-order valence-electron chi connectivity index (χ0n) is 13.4. The van der Waals surface area contributed by atoms with Crippen LogP contribution in [0.3, 0.4) is 0 Å². The monoisotopic (exact) mass is 302 g/mol. The number of benzene rings is 1. The molecular formula is C17H22N2O3. The molecule has 5 nitrogen and oxygen atoms in total. The van der Waals surface area contributed by atoms with Crippen molar-refractivity contribution < 1.29 is 14.3 Å². The van der Waals surface area contributed by atoms with Crippen LogP contribution in [0.2, 0.25) is 0 Å². The predicted octanol–water partition coefficient (Wildman–Crippen LogP) is 2.66. The molecule has 1 saturated carbocycles. The van der Waals surface area contributed by atoms with Gasteiger partial charge in [-0.2, -0.15) is 0 Å². The van der Waals surface area contributed by atoms with E-state index in [-0.39, 0.29) is 11.8 Å². The summed E-state index contributed by atoms with van der Waals surface area (Å²) in [6.07, 6.45) is 0.396. The number of nitrogens with zero attached hydrogens (tertiary/aromatic N) is 1. The Morgan fingerprint density at radius 1 is 1.32 bits per heavy atom. The molecule has 1 N–H and O–H groups in total. The average Bonchev–Trinajstić information content (AvgIpc) is 3.21. The molecule has 2 amide bonds. The van der Waals surface area contributed by atoms with Crippen molar-refractivity contribution in [3.8, 4) is 0 Å². The molecule has 2 unspecified atom stereocenters. The van der Waals surface area contributed by atoms with Gasteiger partial charge in [0.15, 0.2) is 0 Å². The van der Waals surface area contributed by atoms with E-state index in [9.17, 15) is 9.59 Å². The number of fused-ring (bicyclic) bond motifs is 3. The number of anilines is 1. The third-order valence-corrected chi connectivity index (χ3v) is 4.23. The number of nitrogens with one attached hydrogen (secondary N) is 1. The van der Waals surface area contributed by atoms with Gasteiger partial charge in [0.2, 0.25) is 5.91 Å². The summed E-state index contributed by atoms with van der Waals surface area (Å²) < 4.78 is 5.29. The lowest BCUT2D eigenvalue weighted by Crippen LogP contribution is -2.49. The molecule has 0 bridgehead atoms. The molecular weight excluding hydrogens is 280 g/mol. The fraction of sp³-hybridized carbons (Fsp3) is 0.529. The molecule has 3 atom stereocenters. The van der Waals surface area contributed by atoms with Crippen LogP contribution in [0, 0.1) is 5.92 Å². The number of alkyl carbamates (subject to hydrolysis) is 1. The van der Waals surface area contributed by atoms with Crippen LogP contribution in [0.15, 0.2) is 24.3 Å². The lowest BCUT2D eigenvalue weighted by atomic mass is 10.1. The number of likely N-dealkylation sites (N-methyl/N-ethyl adjacent to an activating group) is 1. The van der Waals surface area contributed by atoms with Gasteiger partial charge in [0.05, 0.1) is 0 Å². The molecule has 1 aromatic carbocycles. The van der Waals surface area contributed by atoms with Crippen molar-refractivity contribution in [2.45, 2.75) is 44.8 Å². The topological polar surface area (TPSA) is 58.6 Å². The first-order valence-electron chi connectivity index (χ1n) is 7.64. The van der Waals surface area contributed by atoms with Gasteiger partial charge in [-0.15, -0.1) is 0 Å². The van der Waals surface area contributed by atoms with Crippen molar-refractivity contribution >= 4 is 17.7 Å². The highest BCUT2D eigenvalue weighted by Gasteiger charge is 2.52. The first-order valence-corrected chi connectivity index (χ1v) is 7.64. The summed E-state index contributed by atoms with van der Waals surface area (Å²) >= 11 is 0. The standard InChI is InChI=1S/C17H22N2O3/c1-17(2,3)22-16(21)18-14-12-9-11(12)10-7-5-6-8-13(10)19(4)15(14)20/h5-8,11-12,14H,9H2,1-4H3,(H,18,21)/t11-,12?,14?/m0/s1. The predicted molar refractivity (Wildman–Crippen MR) is 83.9 cm³/mol.